The first kappa shape index (κ1) is 36.6. The molecule has 0 atom stereocenters. The lowest BCUT2D eigenvalue weighted by atomic mass is 9.96. The van der Waals surface area contributed by atoms with Gasteiger partial charge < -0.3 is 30.5 Å². The van der Waals surface area contributed by atoms with Gasteiger partial charge in [0.2, 0.25) is 11.8 Å². The standard InChI is InChI=1S/C40H47N7O4/c1-27(46(5)6)29-11-13-30(14-12-29)32-15-16-36(42-24-32)43-34-23-35(26-41-25-34)44-37(48)17-10-28-8-7-9-33(22-28)45-38(49)31-18-20-47(21-19-31)39(50)51-40(2,3)4/h7-9,11-16,22-26,31H,1,10,17-21H2,2-6H3,(H,42,43)(H,44,48)(H,45,49). The van der Waals surface area contributed by atoms with E-state index in [1.54, 1.807) is 17.3 Å². The molecule has 51 heavy (non-hydrogen) atoms. The van der Waals surface area contributed by atoms with E-state index in [1.165, 1.54) is 0 Å². The third-order valence-corrected chi connectivity index (χ3v) is 8.50. The first-order valence-electron chi connectivity index (χ1n) is 17.2. The molecular formula is C40H47N7O4. The van der Waals surface area contributed by atoms with E-state index >= 15 is 0 Å². The lowest BCUT2D eigenvalue weighted by Crippen LogP contribution is -2.43. The van der Waals surface area contributed by atoms with Gasteiger partial charge in [0.25, 0.3) is 0 Å². The third-order valence-electron chi connectivity index (χ3n) is 8.50. The second kappa shape index (κ2) is 16.3. The van der Waals surface area contributed by atoms with E-state index in [4.69, 9.17) is 4.74 Å². The van der Waals surface area contributed by atoms with Gasteiger partial charge in [-0.15, -0.1) is 0 Å². The van der Waals surface area contributed by atoms with Gasteiger partial charge in [-0.25, -0.2) is 9.78 Å². The summed E-state index contributed by atoms with van der Waals surface area (Å²) in [6, 6.07) is 21.5. The number of piperidine rings is 1. The summed E-state index contributed by atoms with van der Waals surface area (Å²) >= 11 is 0. The molecule has 3 heterocycles. The van der Waals surface area contributed by atoms with Crippen molar-refractivity contribution in [1.29, 1.82) is 0 Å². The number of amides is 3. The van der Waals surface area contributed by atoms with Crippen LogP contribution in [0, 0.1) is 5.92 Å². The van der Waals surface area contributed by atoms with Crippen LogP contribution in [0.3, 0.4) is 0 Å². The predicted octanol–water partition coefficient (Wildman–Crippen LogP) is 7.58. The van der Waals surface area contributed by atoms with E-state index in [2.05, 4.69) is 56.8 Å². The summed E-state index contributed by atoms with van der Waals surface area (Å²) in [7, 11) is 3.95. The van der Waals surface area contributed by atoms with Crippen molar-refractivity contribution in [2.75, 3.05) is 43.1 Å². The minimum atomic E-state index is -0.554. The first-order chi connectivity index (χ1) is 24.3. The van der Waals surface area contributed by atoms with Gasteiger partial charge >= 0.3 is 6.09 Å². The van der Waals surface area contributed by atoms with Gasteiger partial charge in [0.1, 0.15) is 11.4 Å². The van der Waals surface area contributed by atoms with Crippen LogP contribution in [0.5, 0.6) is 0 Å². The maximum atomic E-state index is 13.0. The van der Waals surface area contributed by atoms with Crippen molar-refractivity contribution in [2.24, 2.45) is 5.92 Å². The molecule has 4 aromatic rings. The van der Waals surface area contributed by atoms with Crippen molar-refractivity contribution in [3.63, 3.8) is 0 Å². The molecule has 266 valence electrons. The van der Waals surface area contributed by atoms with Gasteiger partial charge in [-0.1, -0.05) is 43.0 Å². The normalized spacial score (nSPS) is 13.2. The molecule has 3 amide bonds. The monoisotopic (exact) mass is 689 g/mol. The fourth-order valence-electron chi connectivity index (χ4n) is 5.66. The number of benzene rings is 2. The zero-order valence-corrected chi connectivity index (χ0v) is 30.0. The molecule has 0 aliphatic carbocycles. The van der Waals surface area contributed by atoms with Gasteiger partial charge in [-0.3, -0.25) is 14.6 Å². The number of nitrogens with one attached hydrogen (secondary N) is 3. The largest absolute Gasteiger partial charge is 0.444 e. The minimum Gasteiger partial charge on any atom is -0.444 e. The van der Waals surface area contributed by atoms with E-state index < -0.39 is 5.60 Å². The highest BCUT2D eigenvalue weighted by atomic mass is 16.6. The van der Waals surface area contributed by atoms with Gasteiger partial charge in [-0.05, 0) is 87.1 Å². The SMILES string of the molecule is C=C(c1ccc(-c2ccc(Nc3cncc(NC(=O)CCc4cccc(NC(=O)C5CCN(C(=O)OC(C)(C)C)CC5)c4)c3)nc2)cc1)N(C)C. The Morgan fingerprint density at radius 1 is 0.882 bits per heavy atom. The molecule has 2 aromatic carbocycles. The van der Waals surface area contributed by atoms with Crippen molar-refractivity contribution in [3.8, 4) is 11.1 Å². The Labute approximate surface area is 300 Å². The average Bonchev–Trinajstić information content (AvgIpc) is 3.10. The van der Waals surface area contributed by atoms with Crippen molar-refractivity contribution >= 4 is 46.5 Å². The van der Waals surface area contributed by atoms with Crippen LogP contribution in [0.2, 0.25) is 0 Å². The van der Waals surface area contributed by atoms with Crippen LogP contribution in [0.1, 0.15) is 51.2 Å². The van der Waals surface area contributed by atoms with E-state index in [-0.39, 0.29) is 30.2 Å². The number of aromatic nitrogens is 2. The second-order valence-electron chi connectivity index (χ2n) is 13.9. The van der Waals surface area contributed by atoms with E-state index in [0.29, 0.717) is 55.2 Å². The van der Waals surface area contributed by atoms with Gasteiger partial charge in [0.05, 0.1) is 23.8 Å². The maximum Gasteiger partial charge on any atom is 0.410 e. The fourth-order valence-corrected chi connectivity index (χ4v) is 5.66. The lowest BCUT2D eigenvalue weighted by molar-refractivity contribution is -0.121. The zero-order valence-electron chi connectivity index (χ0n) is 30.0. The molecule has 1 saturated heterocycles. The summed E-state index contributed by atoms with van der Waals surface area (Å²) in [5, 5.41) is 9.19. The number of aryl methyl sites for hydroxylation is 1. The molecule has 0 unspecified atom stereocenters. The number of carbonyl (C=O) groups is 3. The molecule has 5 rings (SSSR count). The minimum absolute atomic E-state index is 0.0711. The number of carbonyl (C=O) groups excluding carboxylic acids is 3. The predicted molar refractivity (Wildman–Crippen MR) is 202 cm³/mol. The van der Waals surface area contributed by atoms with Crippen molar-refractivity contribution < 1.29 is 19.1 Å². The van der Waals surface area contributed by atoms with Crippen molar-refractivity contribution in [2.45, 2.75) is 52.1 Å². The molecule has 1 aliphatic heterocycles. The molecular weight excluding hydrogens is 642 g/mol. The van der Waals surface area contributed by atoms with Crippen LogP contribution in [0.25, 0.3) is 16.8 Å². The molecule has 11 nitrogen and oxygen atoms in total. The Morgan fingerprint density at radius 2 is 1.59 bits per heavy atom. The molecule has 3 N–H and O–H groups in total. The number of nitrogens with zero attached hydrogens (tertiary/aromatic N) is 4. The number of rotatable bonds is 11. The van der Waals surface area contributed by atoms with Crippen LogP contribution < -0.4 is 16.0 Å². The number of pyridine rings is 2. The molecule has 0 spiro atoms. The van der Waals surface area contributed by atoms with Crippen molar-refractivity contribution in [1.82, 2.24) is 19.8 Å². The number of ether oxygens (including phenoxy) is 1. The smallest absolute Gasteiger partial charge is 0.410 e. The molecule has 1 aliphatic rings. The Kier molecular flexibility index (Phi) is 11.7. The summed E-state index contributed by atoms with van der Waals surface area (Å²) in [4.78, 5) is 50.7. The van der Waals surface area contributed by atoms with Gasteiger partial charge in [0.15, 0.2) is 0 Å². The molecule has 11 heteroatoms. The number of likely N-dealkylation sites (tertiary alicyclic amines) is 1. The summed E-state index contributed by atoms with van der Waals surface area (Å²) in [6.07, 6.45) is 6.64. The summed E-state index contributed by atoms with van der Waals surface area (Å²) in [5.74, 6) is 0.241. The Morgan fingerprint density at radius 3 is 2.25 bits per heavy atom. The summed E-state index contributed by atoms with van der Waals surface area (Å²) in [6.45, 7) is 10.6. The Bertz CT molecular complexity index is 1840. The second-order valence-corrected chi connectivity index (χ2v) is 13.9. The van der Waals surface area contributed by atoms with Gasteiger partial charge in [0, 0.05) is 62.7 Å². The van der Waals surface area contributed by atoms with Crippen LogP contribution in [0.15, 0.2) is 91.9 Å². The highest BCUT2D eigenvalue weighted by Crippen LogP contribution is 2.25. The van der Waals surface area contributed by atoms with Crippen LogP contribution in [0.4, 0.5) is 27.7 Å². The Hall–Kier alpha value is -5.71. The van der Waals surface area contributed by atoms with Crippen molar-refractivity contribution in [3.05, 3.63) is 103 Å². The maximum absolute atomic E-state index is 13.0. The summed E-state index contributed by atoms with van der Waals surface area (Å²) in [5.41, 5.74) is 6.39. The molecule has 0 radical (unpaired) electrons. The van der Waals surface area contributed by atoms with E-state index in [9.17, 15) is 14.4 Å². The molecule has 0 saturated carbocycles. The molecule has 0 bridgehead atoms. The van der Waals surface area contributed by atoms with E-state index in [1.807, 2.05) is 88.4 Å². The number of anilines is 4. The van der Waals surface area contributed by atoms with E-state index in [0.717, 1.165) is 28.0 Å². The quantitative estimate of drug-likeness (QED) is 0.147. The van der Waals surface area contributed by atoms with Crippen LogP contribution >= 0.6 is 0 Å². The highest BCUT2D eigenvalue weighted by Gasteiger charge is 2.30. The molecule has 2 aromatic heterocycles. The topological polar surface area (TPSA) is 129 Å². The van der Waals surface area contributed by atoms with Crippen LogP contribution in [-0.4, -0.2) is 70.5 Å². The van der Waals surface area contributed by atoms with Crippen LogP contribution in [-0.2, 0) is 20.7 Å². The number of hydrogen-bond donors (Lipinski definition) is 3. The van der Waals surface area contributed by atoms with Gasteiger partial charge in [-0.2, -0.15) is 0 Å². The zero-order chi connectivity index (χ0) is 36.5. The molecule has 1 fully saturated rings. The Balaban J connectivity index is 1.08. The third kappa shape index (κ3) is 10.6. The summed E-state index contributed by atoms with van der Waals surface area (Å²) < 4.78 is 5.46. The fraction of sp³-hybridized carbons (Fsp3) is 0.325. The highest BCUT2D eigenvalue weighted by molar-refractivity contribution is 5.93. The average molecular weight is 690 g/mol. The lowest BCUT2D eigenvalue weighted by Gasteiger charge is -2.32. The number of hydrogen-bond acceptors (Lipinski definition) is 8. The first-order valence-corrected chi connectivity index (χ1v) is 17.2.